The zero-order valence-electron chi connectivity index (χ0n) is 19.6. The van der Waals surface area contributed by atoms with E-state index >= 15 is 0 Å². The molecule has 0 radical (unpaired) electrons. The third-order valence-corrected chi connectivity index (χ3v) is 14.7. The van der Waals surface area contributed by atoms with Gasteiger partial charge in [0.1, 0.15) is 0 Å². The Morgan fingerprint density at radius 2 is 1.03 bits per heavy atom. The summed E-state index contributed by atoms with van der Waals surface area (Å²) in [5.74, 6) is -0.552. The fourth-order valence-corrected chi connectivity index (χ4v) is 13.3. The Balaban J connectivity index is 2.21. The molecule has 174 valence electrons. The van der Waals surface area contributed by atoms with Crippen molar-refractivity contribution < 1.29 is 14.3 Å². The summed E-state index contributed by atoms with van der Waals surface area (Å²) < 4.78 is 9.09. The van der Waals surface area contributed by atoms with E-state index in [-0.39, 0.29) is 12.4 Å². The van der Waals surface area contributed by atoms with Crippen molar-refractivity contribution in [2.24, 2.45) is 0 Å². The summed E-state index contributed by atoms with van der Waals surface area (Å²) in [6, 6.07) is 39.9. The number of ether oxygens (including phenoxy) is 1. The summed E-state index contributed by atoms with van der Waals surface area (Å²) in [6.07, 6.45) is 3.10. The van der Waals surface area contributed by atoms with Crippen LogP contribution in [0.1, 0.15) is 17.3 Å². The number of carbonyl (C=O) groups excluding carboxylic acids is 2. The van der Waals surface area contributed by atoms with E-state index in [1.165, 1.54) is 6.08 Å². The Bertz CT molecular complexity index is 1260. The number of ketones is 1. The number of hydrogen-bond acceptors (Lipinski definition) is 3. The normalized spacial score (nSPS) is 11.2. The molecule has 0 aromatic heterocycles. The second-order valence-corrected chi connectivity index (χ2v) is 14.9. The van der Waals surface area contributed by atoms with Gasteiger partial charge in [-0.05, 0) is 0 Å². The van der Waals surface area contributed by atoms with Gasteiger partial charge in [-0.1, -0.05) is 0 Å². The van der Waals surface area contributed by atoms with Gasteiger partial charge in [-0.2, -0.15) is 0 Å². The molecule has 0 aliphatic carbocycles. The fraction of sp³-hybridized carbons (Fsp3) is 0.0645. The summed E-state index contributed by atoms with van der Waals surface area (Å²) in [5, 5.41) is 0. The quantitative estimate of drug-likeness (QED) is 0.153. The number of hydrogen-bond donors (Lipinski definition) is 0. The van der Waals surface area contributed by atoms with Crippen molar-refractivity contribution in [1.82, 2.24) is 0 Å². The molecule has 0 saturated carbocycles. The summed E-state index contributed by atoms with van der Waals surface area (Å²) >= 11 is -3.63. The monoisotopic (exact) mass is 522 g/mol. The minimum atomic E-state index is -3.63. The Morgan fingerprint density at radius 1 is 0.629 bits per heavy atom. The first-order chi connectivity index (χ1) is 17.2. The van der Waals surface area contributed by atoms with Crippen LogP contribution >= 0.6 is 0 Å². The van der Waals surface area contributed by atoms with Crippen LogP contribution in [0.15, 0.2) is 133 Å². The van der Waals surface area contributed by atoms with Crippen LogP contribution in [0.2, 0.25) is 0 Å². The summed E-state index contributed by atoms with van der Waals surface area (Å²) in [6.45, 7) is 2.04. The Labute approximate surface area is 208 Å². The van der Waals surface area contributed by atoms with E-state index in [9.17, 15) is 9.59 Å². The second kappa shape index (κ2) is 11.6. The van der Waals surface area contributed by atoms with Gasteiger partial charge in [0, 0.05) is 0 Å². The van der Waals surface area contributed by atoms with Gasteiger partial charge in [0.25, 0.3) is 0 Å². The molecule has 4 rings (SSSR count). The van der Waals surface area contributed by atoms with Crippen LogP contribution in [0.4, 0.5) is 0 Å². The van der Waals surface area contributed by atoms with E-state index < -0.39 is 19.1 Å². The number of carbonyl (C=O) groups is 2. The van der Waals surface area contributed by atoms with Gasteiger partial charge in [0.15, 0.2) is 0 Å². The average molecular weight is 522 g/mol. The predicted octanol–water partition coefficient (Wildman–Crippen LogP) is 3.91. The first-order valence-corrected chi connectivity index (χ1v) is 15.3. The number of Topliss-reactive ketones (excluding diaryl/α,β-unsaturated/α-hetero) is 1. The molecule has 0 atom stereocenters. The van der Waals surface area contributed by atoms with Gasteiger partial charge >= 0.3 is 209 Å². The number of benzene rings is 4. The van der Waals surface area contributed by atoms with Crippen molar-refractivity contribution in [1.29, 1.82) is 0 Å². The standard InChI is InChI=1S/C31H27AsO3/c1-2-35-30(33)24-23-29(31(34)25-15-7-3-8-16-25)32(26-17-9-4-10-18-26,27-19-11-5-12-20-27)28-21-13-6-14-22-28/h3-24H,2H2,1H3/b24-23+. The molecule has 0 unspecified atom stereocenters. The topological polar surface area (TPSA) is 43.4 Å². The molecule has 3 nitrogen and oxygen atoms in total. The minimum absolute atomic E-state index is 0.0878. The van der Waals surface area contributed by atoms with Crippen LogP contribution in [-0.2, 0) is 9.53 Å². The molecule has 0 amide bonds. The van der Waals surface area contributed by atoms with E-state index in [1.54, 1.807) is 13.0 Å². The van der Waals surface area contributed by atoms with Gasteiger partial charge in [-0.15, -0.1) is 0 Å². The molecule has 4 aromatic carbocycles. The summed E-state index contributed by atoms with van der Waals surface area (Å²) in [7, 11) is 0. The van der Waals surface area contributed by atoms with Crippen LogP contribution in [0.5, 0.6) is 0 Å². The van der Waals surface area contributed by atoms with Crippen LogP contribution in [-0.4, -0.2) is 35.8 Å². The van der Waals surface area contributed by atoms with E-state index in [2.05, 4.69) is 36.4 Å². The molecular formula is C31H27AsO3. The van der Waals surface area contributed by atoms with E-state index in [0.717, 1.165) is 13.1 Å². The molecule has 0 spiro atoms. The van der Waals surface area contributed by atoms with Crippen LogP contribution in [0.3, 0.4) is 0 Å². The summed E-state index contributed by atoms with van der Waals surface area (Å²) in [5.41, 5.74) is 0.588. The first kappa shape index (κ1) is 24.3. The van der Waals surface area contributed by atoms with Crippen LogP contribution < -0.4 is 13.1 Å². The Hall–Kier alpha value is -3.81. The number of rotatable bonds is 8. The van der Waals surface area contributed by atoms with Gasteiger partial charge in [0.05, 0.1) is 0 Å². The van der Waals surface area contributed by atoms with Crippen molar-refractivity contribution in [3.8, 4) is 0 Å². The molecule has 0 aliphatic rings. The Morgan fingerprint density at radius 3 is 1.43 bits per heavy atom. The maximum atomic E-state index is 14.3. The van der Waals surface area contributed by atoms with Crippen molar-refractivity contribution in [3.05, 3.63) is 139 Å². The fourth-order valence-electron chi connectivity index (χ4n) is 4.23. The van der Waals surface area contributed by atoms with Crippen molar-refractivity contribution in [2.75, 3.05) is 6.61 Å². The van der Waals surface area contributed by atoms with E-state index in [1.807, 2.05) is 84.9 Å². The summed E-state index contributed by atoms with van der Waals surface area (Å²) in [4.78, 5) is 26.7. The Kier molecular flexibility index (Phi) is 8.02. The van der Waals surface area contributed by atoms with Crippen molar-refractivity contribution in [2.45, 2.75) is 6.92 Å². The first-order valence-electron chi connectivity index (χ1n) is 11.6. The number of esters is 1. The van der Waals surface area contributed by atoms with Gasteiger partial charge in [-0.3, -0.25) is 0 Å². The maximum absolute atomic E-state index is 14.3. The van der Waals surface area contributed by atoms with Crippen molar-refractivity contribution >= 4 is 42.2 Å². The molecule has 4 heteroatoms. The molecule has 0 fully saturated rings. The zero-order chi connectivity index (χ0) is 24.5. The molecule has 35 heavy (non-hydrogen) atoms. The zero-order valence-corrected chi connectivity index (χ0v) is 21.5. The molecule has 0 heterocycles. The van der Waals surface area contributed by atoms with Gasteiger partial charge in [0.2, 0.25) is 0 Å². The molecule has 0 N–H and O–H groups in total. The third-order valence-electron chi connectivity index (χ3n) is 5.72. The SMILES string of the molecule is CCOC(=O)/C=C/C(C(=O)c1ccccc1)=[As](c1ccccc1)(c1ccccc1)c1ccccc1. The third kappa shape index (κ3) is 5.16. The van der Waals surface area contributed by atoms with Crippen LogP contribution in [0.25, 0.3) is 0 Å². The second-order valence-electron chi connectivity index (χ2n) is 7.84. The molecule has 0 aliphatic heterocycles. The molecule has 0 bridgehead atoms. The average Bonchev–Trinajstić information content (AvgIpc) is 2.93. The van der Waals surface area contributed by atoms with Crippen LogP contribution in [0, 0.1) is 0 Å². The molecular weight excluding hydrogens is 495 g/mol. The van der Waals surface area contributed by atoms with Crippen molar-refractivity contribution in [3.63, 3.8) is 0 Å². The van der Waals surface area contributed by atoms with E-state index in [0.29, 0.717) is 9.87 Å². The van der Waals surface area contributed by atoms with Gasteiger partial charge < -0.3 is 0 Å². The van der Waals surface area contributed by atoms with E-state index in [4.69, 9.17) is 4.74 Å². The molecule has 4 aromatic rings. The molecule has 0 saturated heterocycles. The predicted molar refractivity (Wildman–Crippen MR) is 146 cm³/mol. The number of allylic oxidation sites excluding steroid dienone is 1. The van der Waals surface area contributed by atoms with Gasteiger partial charge in [-0.25, -0.2) is 0 Å².